The van der Waals surface area contributed by atoms with Gasteiger partial charge in [-0.1, -0.05) is 0 Å². The number of rotatable bonds is 5. The second-order valence-corrected chi connectivity index (χ2v) is 5.39. The van der Waals surface area contributed by atoms with E-state index in [0.29, 0.717) is 23.6 Å². The fraction of sp³-hybridized carbons (Fsp3) is 0.222. The van der Waals surface area contributed by atoms with Crippen LogP contribution < -0.4 is 5.32 Å². The molecule has 126 valence electrons. The fourth-order valence-corrected chi connectivity index (χ4v) is 2.68. The third kappa shape index (κ3) is 3.28. The standard InChI is InChI=1S/C18H18N6O/c1-3-23-16-7-5-13(12-19)11-15(16)21-18(23)22-17(25)8-6-14-9-10-20-24(14)4-2/h5-11H,3-4H2,1-2H3,(H,21,22,25). The smallest absolute Gasteiger partial charge is 0.250 e. The van der Waals surface area contributed by atoms with Gasteiger partial charge in [0.1, 0.15) is 0 Å². The Labute approximate surface area is 145 Å². The Hall–Kier alpha value is -3.40. The summed E-state index contributed by atoms with van der Waals surface area (Å²) in [5, 5.41) is 16.0. The van der Waals surface area contributed by atoms with Crippen molar-refractivity contribution in [3.8, 4) is 6.07 Å². The number of nitriles is 1. The lowest BCUT2D eigenvalue weighted by Gasteiger charge is -2.05. The van der Waals surface area contributed by atoms with Crippen molar-refractivity contribution in [3.63, 3.8) is 0 Å². The summed E-state index contributed by atoms with van der Waals surface area (Å²) in [6.45, 7) is 5.36. The first-order chi connectivity index (χ1) is 12.2. The second-order valence-electron chi connectivity index (χ2n) is 5.39. The number of fused-ring (bicyclic) bond motifs is 1. The van der Waals surface area contributed by atoms with Gasteiger partial charge in [0.2, 0.25) is 5.95 Å². The number of nitrogens with zero attached hydrogens (tertiary/aromatic N) is 5. The second kappa shape index (κ2) is 7.01. The molecule has 0 unspecified atom stereocenters. The monoisotopic (exact) mass is 334 g/mol. The molecule has 0 bridgehead atoms. The molecular formula is C18H18N6O. The third-order valence-corrected chi connectivity index (χ3v) is 3.88. The molecule has 3 aromatic rings. The van der Waals surface area contributed by atoms with Crippen molar-refractivity contribution in [2.45, 2.75) is 26.9 Å². The molecule has 0 aliphatic heterocycles. The first-order valence-corrected chi connectivity index (χ1v) is 8.07. The number of aryl methyl sites for hydroxylation is 2. The first kappa shape index (κ1) is 16.5. The van der Waals surface area contributed by atoms with Crippen LogP contribution in [0.1, 0.15) is 25.1 Å². The Morgan fingerprint density at radius 1 is 1.32 bits per heavy atom. The summed E-state index contributed by atoms with van der Waals surface area (Å²) in [5.41, 5.74) is 2.97. The summed E-state index contributed by atoms with van der Waals surface area (Å²) in [6, 6.07) is 9.24. The minimum atomic E-state index is -0.269. The summed E-state index contributed by atoms with van der Waals surface area (Å²) in [4.78, 5) is 16.7. The molecule has 0 fully saturated rings. The molecule has 7 heteroatoms. The van der Waals surface area contributed by atoms with Crippen molar-refractivity contribution < 1.29 is 4.79 Å². The van der Waals surface area contributed by atoms with E-state index in [-0.39, 0.29) is 5.91 Å². The van der Waals surface area contributed by atoms with Gasteiger partial charge >= 0.3 is 0 Å². The molecular weight excluding hydrogens is 316 g/mol. The van der Waals surface area contributed by atoms with Crippen LogP contribution in [0, 0.1) is 11.3 Å². The lowest BCUT2D eigenvalue weighted by atomic mass is 10.2. The largest absolute Gasteiger partial charge is 0.310 e. The summed E-state index contributed by atoms with van der Waals surface area (Å²) >= 11 is 0. The zero-order valence-corrected chi connectivity index (χ0v) is 14.1. The van der Waals surface area contributed by atoms with Crippen LogP contribution in [0.2, 0.25) is 0 Å². The maximum Gasteiger partial charge on any atom is 0.250 e. The van der Waals surface area contributed by atoms with E-state index >= 15 is 0 Å². The van der Waals surface area contributed by atoms with E-state index < -0.39 is 0 Å². The van der Waals surface area contributed by atoms with Gasteiger partial charge in [-0.05, 0) is 44.2 Å². The minimum absolute atomic E-state index is 0.269. The highest BCUT2D eigenvalue weighted by atomic mass is 16.1. The number of anilines is 1. The number of benzene rings is 1. The minimum Gasteiger partial charge on any atom is -0.310 e. The van der Waals surface area contributed by atoms with Crippen molar-refractivity contribution in [1.82, 2.24) is 19.3 Å². The average molecular weight is 334 g/mol. The van der Waals surface area contributed by atoms with Gasteiger partial charge in [-0.2, -0.15) is 10.4 Å². The number of imidazole rings is 1. The van der Waals surface area contributed by atoms with Gasteiger partial charge in [0, 0.05) is 25.4 Å². The molecule has 0 saturated heterocycles. The van der Waals surface area contributed by atoms with Crippen LogP contribution in [-0.4, -0.2) is 25.2 Å². The third-order valence-electron chi connectivity index (χ3n) is 3.88. The molecule has 0 atom stereocenters. The van der Waals surface area contributed by atoms with E-state index in [1.165, 1.54) is 6.08 Å². The summed E-state index contributed by atoms with van der Waals surface area (Å²) in [7, 11) is 0. The van der Waals surface area contributed by atoms with Crippen LogP contribution in [0.25, 0.3) is 17.1 Å². The van der Waals surface area contributed by atoms with Crippen LogP contribution >= 0.6 is 0 Å². The summed E-state index contributed by atoms with van der Waals surface area (Å²) < 4.78 is 3.70. The highest BCUT2D eigenvalue weighted by Crippen LogP contribution is 2.21. The van der Waals surface area contributed by atoms with Gasteiger partial charge in [0.05, 0.1) is 28.4 Å². The number of hydrogen-bond acceptors (Lipinski definition) is 4. The van der Waals surface area contributed by atoms with E-state index in [4.69, 9.17) is 5.26 Å². The highest BCUT2D eigenvalue weighted by Gasteiger charge is 2.11. The Balaban J connectivity index is 1.84. The van der Waals surface area contributed by atoms with E-state index in [9.17, 15) is 4.79 Å². The molecule has 3 rings (SSSR count). The number of carbonyl (C=O) groups excluding carboxylic acids is 1. The normalized spacial score (nSPS) is 11.1. The maximum absolute atomic E-state index is 12.2. The summed E-state index contributed by atoms with van der Waals surface area (Å²) in [6.07, 6.45) is 4.88. The van der Waals surface area contributed by atoms with Crippen molar-refractivity contribution in [1.29, 1.82) is 5.26 Å². The van der Waals surface area contributed by atoms with Gasteiger partial charge in [0.25, 0.3) is 5.91 Å². The zero-order chi connectivity index (χ0) is 17.8. The molecule has 1 N–H and O–H groups in total. The molecule has 0 aliphatic carbocycles. The SMILES string of the molecule is CCn1nccc1C=CC(=O)Nc1nc2cc(C#N)ccc2n1CC. The number of nitrogens with one attached hydrogen (secondary N) is 1. The van der Waals surface area contributed by atoms with E-state index in [1.807, 2.05) is 30.5 Å². The molecule has 2 heterocycles. The fourth-order valence-electron chi connectivity index (χ4n) is 2.68. The predicted molar refractivity (Wildman–Crippen MR) is 95.7 cm³/mol. The number of aromatic nitrogens is 4. The van der Waals surface area contributed by atoms with Crippen molar-refractivity contribution in [2.75, 3.05) is 5.32 Å². The Morgan fingerprint density at radius 3 is 2.88 bits per heavy atom. The quantitative estimate of drug-likeness (QED) is 0.727. The van der Waals surface area contributed by atoms with Gasteiger partial charge in [0.15, 0.2) is 0 Å². The van der Waals surface area contributed by atoms with Gasteiger partial charge in [-0.15, -0.1) is 0 Å². The zero-order valence-electron chi connectivity index (χ0n) is 14.1. The predicted octanol–water partition coefficient (Wildman–Crippen LogP) is 2.80. The van der Waals surface area contributed by atoms with Crippen LogP contribution in [0.4, 0.5) is 5.95 Å². The molecule has 25 heavy (non-hydrogen) atoms. The molecule has 7 nitrogen and oxygen atoms in total. The van der Waals surface area contributed by atoms with Gasteiger partial charge in [-0.25, -0.2) is 4.98 Å². The van der Waals surface area contributed by atoms with Crippen LogP contribution in [0.15, 0.2) is 36.5 Å². The number of carbonyl (C=O) groups is 1. The molecule has 2 aromatic heterocycles. The topological polar surface area (TPSA) is 88.5 Å². The Bertz CT molecular complexity index is 989. The molecule has 1 amide bonds. The van der Waals surface area contributed by atoms with Crippen LogP contribution in [-0.2, 0) is 17.9 Å². The molecule has 1 aromatic carbocycles. The number of amides is 1. The Kier molecular flexibility index (Phi) is 4.61. The highest BCUT2D eigenvalue weighted by molar-refractivity contribution is 6.01. The molecule has 0 aliphatic rings. The van der Waals surface area contributed by atoms with Crippen LogP contribution in [0.3, 0.4) is 0 Å². The van der Waals surface area contributed by atoms with Crippen molar-refractivity contribution in [3.05, 3.63) is 47.8 Å². The van der Waals surface area contributed by atoms with Gasteiger partial charge < -0.3 is 4.57 Å². The number of hydrogen-bond donors (Lipinski definition) is 1. The van der Waals surface area contributed by atoms with Crippen molar-refractivity contribution >= 4 is 29.0 Å². The molecule has 0 saturated carbocycles. The van der Waals surface area contributed by atoms with Gasteiger partial charge in [-0.3, -0.25) is 14.8 Å². The maximum atomic E-state index is 12.2. The first-order valence-electron chi connectivity index (χ1n) is 8.07. The Morgan fingerprint density at radius 2 is 2.16 bits per heavy atom. The van der Waals surface area contributed by atoms with E-state index in [0.717, 1.165) is 17.8 Å². The van der Waals surface area contributed by atoms with E-state index in [1.54, 1.807) is 29.1 Å². The molecule has 0 radical (unpaired) electrons. The lowest BCUT2D eigenvalue weighted by molar-refractivity contribution is -0.111. The summed E-state index contributed by atoms with van der Waals surface area (Å²) in [5.74, 6) is 0.195. The van der Waals surface area contributed by atoms with Crippen LogP contribution in [0.5, 0.6) is 0 Å². The average Bonchev–Trinajstić information content (AvgIpc) is 3.22. The molecule has 0 spiro atoms. The van der Waals surface area contributed by atoms with Crippen molar-refractivity contribution in [2.24, 2.45) is 0 Å². The lowest BCUT2D eigenvalue weighted by Crippen LogP contribution is -2.13. The van der Waals surface area contributed by atoms with E-state index in [2.05, 4.69) is 21.5 Å².